The van der Waals surface area contributed by atoms with E-state index in [1.54, 1.807) is 0 Å². The standard InChI is InChI=1S/C13H9ClFNO3S/c1-6(17)12-11(13(18)19)16-10(20-12)5-7-8(14)3-2-4-9(7)15/h2-4H,5H2,1H3,(H,18,19). The first-order valence-corrected chi connectivity index (χ1v) is 6.76. The highest BCUT2D eigenvalue weighted by molar-refractivity contribution is 7.14. The Labute approximate surface area is 122 Å². The third-order valence-electron chi connectivity index (χ3n) is 2.58. The number of Topliss-reactive ketones (excluding diaryl/α,β-unsaturated/α-hetero) is 1. The van der Waals surface area contributed by atoms with Crippen molar-refractivity contribution >= 4 is 34.7 Å². The quantitative estimate of drug-likeness (QED) is 0.878. The van der Waals surface area contributed by atoms with E-state index in [-0.39, 0.29) is 33.4 Å². The first-order chi connectivity index (χ1) is 9.40. The van der Waals surface area contributed by atoms with Crippen molar-refractivity contribution in [2.75, 3.05) is 0 Å². The van der Waals surface area contributed by atoms with Gasteiger partial charge in [-0.15, -0.1) is 11.3 Å². The van der Waals surface area contributed by atoms with Crippen LogP contribution in [0.4, 0.5) is 4.39 Å². The molecular formula is C13H9ClFNO3S. The number of aromatic carboxylic acids is 1. The van der Waals surface area contributed by atoms with Gasteiger partial charge in [-0.05, 0) is 12.1 Å². The second-order valence-corrected chi connectivity index (χ2v) is 5.51. The lowest BCUT2D eigenvalue weighted by Crippen LogP contribution is -2.04. The van der Waals surface area contributed by atoms with Crippen molar-refractivity contribution in [2.24, 2.45) is 0 Å². The van der Waals surface area contributed by atoms with E-state index in [4.69, 9.17) is 16.7 Å². The topological polar surface area (TPSA) is 67.3 Å². The third kappa shape index (κ3) is 2.86. The molecule has 4 nitrogen and oxygen atoms in total. The highest BCUT2D eigenvalue weighted by Crippen LogP contribution is 2.26. The van der Waals surface area contributed by atoms with Gasteiger partial charge in [0.15, 0.2) is 11.5 Å². The van der Waals surface area contributed by atoms with E-state index in [2.05, 4.69) is 4.98 Å². The Bertz CT molecular complexity index is 647. The van der Waals surface area contributed by atoms with Gasteiger partial charge < -0.3 is 5.11 Å². The number of nitrogens with zero attached hydrogens (tertiary/aromatic N) is 1. The number of ketones is 1. The van der Waals surface area contributed by atoms with Crippen LogP contribution in [0.15, 0.2) is 18.2 Å². The van der Waals surface area contributed by atoms with Crippen LogP contribution in [0, 0.1) is 5.82 Å². The Morgan fingerprint density at radius 3 is 2.65 bits per heavy atom. The molecule has 1 N–H and O–H groups in total. The van der Waals surface area contributed by atoms with E-state index in [1.807, 2.05) is 0 Å². The van der Waals surface area contributed by atoms with Gasteiger partial charge >= 0.3 is 5.97 Å². The van der Waals surface area contributed by atoms with Gasteiger partial charge in [0, 0.05) is 23.9 Å². The molecule has 0 aliphatic rings. The van der Waals surface area contributed by atoms with Crippen molar-refractivity contribution in [2.45, 2.75) is 13.3 Å². The van der Waals surface area contributed by atoms with E-state index in [9.17, 15) is 14.0 Å². The van der Waals surface area contributed by atoms with Gasteiger partial charge in [0.2, 0.25) is 0 Å². The van der Waals surface area contributed by atoms with E-state index in [1.165, 1.54) is 25.1 Å². The molecule has 0 atom stereocenters. The third-order valence-corrected chi connectivity index (χ3v) is 4.09. The van der Waals surface area contributed by atoms with E-state index < -0.39 is 11.8 Å². The lowest BCUT2D eigenvalue weighted by Gasteiger charge is -2.02. The summed E-state index contributed by atoms with van der Waals surface area (Å²) in [7, 11) is 0. The summed E-state index contributed by atoms with van der Waals surface area (Å²) in [4.78, 5) is 26.3. The minimum atomic E-state index is -1.28. The number of benzene rings is 1. The molecule has 0 unspecified atom stereocenters. The zero-order valence-corrected chi connectivity index (χ0v) is 11.9. The maximum absolute atomic E-state index is 13.7. The number of thiazole rings is 1. The van der Waals surface area contributed by atoms with Gasteiger partial charge in [0.05, 0.1) is 5.01 Å². The molecule has 1 aromatic carbocycles. The van der Waals surface area contributed by atoms with Crippen LogP contribution in [0.3, 0.4) is 0 Å². The minimum absolute atomic E-state index is 0.0454. The highest BCUT2D eigenvalue weighted by atomic mass is 35.5. The lowest BCUT2D eigenvalue weighted by molar-refractivity contribution is 0.0687. The number of carbonyl (C=O) groups is 2. The second-order valence-electron chi connectivity index (χ2n) is 4.02. The summed E-state index contributed by atoms with van der Waals surface area (Å²) in [5.41, 5.74) is -0.0695. The summed E-state index contributed by atoms with van der Waals surface area (Å²) >= 11 is 6.85. The first-order valence-electron chi connectivity index (χ1n) is 5.57. The summed E-state index contributed by atoms with van der Waals surface area (Å²) in [5, 5.41) is 9.57. The van der Waals surface area contributed by atoms with Crippen LogP contribution in [0.2, 0.25) is 5.02 Å². The summed E-state index contributed by atoms with van der Waals surface area (Å²) in [6.07, 6.45) is 0.0454. The number of hydrogen-bond acceptors (Lipinski definition) is 4. The first kappa shape index (κ1) is 14.6. The molecule has 0 fully saturated rings. The number of carboxylic acids is 1. The van der Waals surface area contributed by atoms with Gasteiger partial charge in [-0.1, -0.05) is 17.7 Å². The lowest BCUT2D eigenvalue weighted by atomic mass is 10.1. The van der Waals surface area contributed by atoms with E-state index in [0.29, 0.717) is 5.01 Å². The van der Waals surface area contributed by atoms with Crippen LogP contribution in [-0.2, 0) is 6.42 Å². The molecule has 0 saturated carbocycles. The molecule has 2 aromatic rings. The van der Waals surface area contributed by atoms with Crippen LogP contribution < -0.4 is 0 Å². The van der Waals surface area contributed by atoms with Gasteiger partial charge in [0.1, 0.15) is 10.7 Å². The normalized spacial score (nSPS) is 10.6. The van der Waals surface area contributed by atoms with Crippen LogP contribution in [-0.4, -0.2) is 21.8 Å². The van der Waals surface area contributed by atoms with Crippen molar-refractivity contribution in [1.29, 1.82) is 0 Å². The fourth-order valence-corrected chi connectivity index (χ4v) is 2.87. The summed E-state index contributed by atoms with van der Waals surface area (Å²) in [5.74, 6) is -2.16. The van der Waals surface area contributed by atoms with Crippen LogP contribution in [0.5, 0.6) is 0 Å². The molecule has 0 bridgehead atoms. The zero-order chi connectivity index (χ0) is 14.9. The fourth-order valence-electron chi connectivity index (χ4n) is 1.68. The van der Waals surface area contributed by atoms with Crippen molar-refractivity contribution in [3.8, 4) is 0 Å². The average molecular weight is 314 g/mol. The number of rotatable bonds is 4. The molecule has 0 radical (unpaired) electrons. The molecule has 2 rings (SSSR count). The molecule has 7 heteroatoms. The Morgan fingerprint density at radius 2 is 2.15 bits per heavy atom. The summed E-state index contributed by atoms with van der Waals surface area (Å²) < 4.78 is 13.7. The highest BCUT2D eigenvalue weighted by Gasteiger charge is 2.21. The monoisotopic (exact) mass is 313 g/mol. The van der Waals surface area contributed by atoms with Crippen LogP contribution in [0.1, 0.15) is 37.7 Å². The number of aromatic nitrogens is 1. The van der Waals surface area contributed by atoms with Crippen molar-refractivity contribution in [3.05, 3.63) is 50.2 Å². The average Bonchev–Trinajstić information content (AvgIpc) is 2.78. The Hall–Kier alpha value is -1.79. The predicted molar refractivity (Wildman–Crippen MR) is 73.3 cm³/mol. The number of carbonyl (C=O) groups excluding carboxylic acids is 1. The minimum Gasteiger partial charge on any atom is -0.476 e. The molecule has 0 amide bonds. The molecule has 0 aliphatic carbocycles. The summed E-state index contributed by atoms with van der Waals surface area (Å²) in [6, 6.07) is 4.28. The molecule has 1 aromatic heterocycles. The predicted octanol–water partition coefficient (Wildman–Crippen LogP) is 3.43. The Kier molecular flexibility index (Phi) is 4.15. The van der Waals surface area contributed by atoms with Crippen molar-refractivity contribution in [3.63, 3.8) is 0 Å². The molecular weight excluding hydrogens is 305 g/mol. The van der Waals surface area contributed by atoms with E-state index in [0.717, 1.165) is 11.3 Å². The largest absolute Gasteiger partial charge is 0.476 e. The zero-order valence-electron chi connectivity index (χ0n) is 10.3. The molecule has 0 aliphatic heterocycles. The van der Waals surface area contributed by atoms with Gasteiger partial charge in [-0.3, -0.25) is 4.79 Å². The molecule has 0 saturated heterocycles. The van der Waals surface area contributed by atoms with Crippen molar-refractivity contribution < 1.29 is 19.1 Å². The Morgan fingerprint density at radius 1 is 1.45 bits per heavy atom. The van der Waals surface area contributed by atoms with Crippen LogP contribution >= 0.6 is 22.9 Å². The van der Waals surface area contributed by atoms with Gasteiger partial charge in [-0.2, -0.15) is 0 Å². The molecule has 0 spiro atoms. The number of carboxylic acid groups (broad SMARTS) is 1. The smallest absolute Gasteiger partial charge is 0.356 e. The molecule has 1 heterocycles. The molecule has 20 heavy (non-hydrogen) atoms. The molecule has 104 valence electrons. The van der Waals surface area contributed by atoms with Gasteiger partial charge in [0.25, 0.3) is 0 Å². The summed E-state index contributed by atoms with van der Waals surface area (Å²) in [6.45, 7) is 1.26. The Balaban J connectivity index is 2.42. The second kappa shape index (κ2) is 5.68. The van der Waals surface area contributed by atoms with Crippen LogP contribution in [0.25, 0.3) is 0 Å². The maximum atomic E-state index is 13.7. The van der Waals surface area contributed by atoms with Crippen molar-refractivity contribution in [1.82, 2.24) is 4.98 Å². The van der Waals surface area contributed by atoms with E-state index >= 15 is 0 Å². The SMILES string of the molecule is CC(=O)c1sc(Cc2c(F)cccc2Cl)nc1C(=O)O. The number of halogens is 2. The maximum Gasteiger partial charge on any atom is 0.356 e. The van der Waals surface area contributed by atoms with Gasteiger partial charge in [-0.25, -0.2) is 14.2 Å². The number of hydrogen-bond donors (Lipinski definition) is 1. The fraction of sp³-hybridized carbons (Fsp3) is 0.154.